The predicted octanol–water partition coefficient (Wildman–Crippen LogP) is 2.89. The molecule has 2 rings (SSSR count). The van der Waals surface area contributed by atoms with Crippen LogP contribution in [-0.4, -0.2) is 17.6 Å². The third-order valence-corrected chi connectivity index (χ3v) is 4.41. The molecule has 1 fully saturated rings. The molecule has 4 nitrogen and oxygen atoms in total. The SMILES string of the molecule is CC1CCCC1CNC(C/C(N)=N/O)c1ccccc1. The first-order valence-electron chi connectivity index (χ1n) is 7.45. The molecule has 3 atom stereocenters. The number of rotatable bonds is 6. The van der Waals surface area contributed by atoms with Gasteiger partial charge in [0.2, 0.25) is 0 Å². The van der Waals surface area contributed by atoms with Gasteiger partial charge in [-0.25, -0.2) is 0 Å². The molecular weight excluding hydrogens is 250 g/mol. The third-order valence-electron chi connectivity index (χ3n) is 4.41. The van der Waals surface area contributed by atoms with Crippen LogP contribution in [0.15, 0.2) is 35.5 Å². The molecule has 0 radical (unpaired) electrons. The highest BCUT2D eigenvalue weighted by molar-refractivity contribution is 5.80. The molecule has 0 bridgehead atoms. The minimum atomic E-state index is 0.111. The minimum absolute atomic E-state index is 0.111. The van der Waals surface area contributed by atoms with Crippen molar-refractivity contribution in [3.05, 3.63) is 35.9 Å². The van der Waals surface area contributed by atoms with Gasteiger partial charge in [0.05, 0.1) is 0 Å². The Hall–Kier alpha value is -1.55. The summed E-state index contributed by atoms with van der Waals surface area (Å²) in [6, 6.07) is 10.3. The quantitative estimate of drug-likeness (QED) is 0.323. The average molecular weight is 275 g/mol. The molecular formula is C16H25N3O. The van der Waals surface area contributed by atoms with Gasteiger partial charge in [-0.05, 0) is 30.4 Å². The van der Waals surface area contributed by atoms with E-state index in [0.29, 0.717) is 6.42 Å². The van der Waals surface area contributed by atoms with Crippen LogP contribution in [0, 0.1) is 11.8 Å². The van der Waals surface area contributed by atoms with Crippen LogP contribution < -0.4 is 11.1 Å². The van der Waals surface area contributed by atoms with Crippen molar-refractivity contribution in [3.63, 3.8) is 0 Å². The van der Waals surface area contributed by atoms with Crippen LogP contribution in [0.4, 0.5) is 0 Å². The lowest BCUT2D eigenvalue weighted by atomic mass is 9.96. The van der Waals surface area contributed by atoms with Crippen LogP contribution in [0.2, 0.25) is 0 Å². The molecule has 1 aliphatic rings. The molecule has 20 heavy (non-hydrogen) atoms. The molecule has 0 spiro atoms. The van der Waals surface area contributed by atoms with Gasteiger partial charge >= 0.3 is 0 Å². The summed E-state index contributed by atoms with van der Waals surface area (Å²) in [6.45, 7) is 3.33. The molecule has 110 valence electrons. The Morgan fingerprint density at radius 3 is 2.75 bits per heavy atom. The van der Waals surface area contributed by atoms with Crippen molar-refractivity contribution in [2.75, 3.05) is 6.54 Å². The van der Waals surface area contributed by atoms with E-state index in [1.807, 2.05) is 18.2 Å². The Morgan fingerprint density at radius 2 is 2.15 bits per heavy atom. The maximum Gasteiger partial charge on any atom is 0.141 e. The zero-order valence-corrected chi connectivity index (χ0v) is 12.1. The second kappa shape index (κ2) is 7.29. The Bertz CT molecular complexity index is 433. The van der Waals surface area contributed by atoms with E-state index in [9.17, 15) is 0 Å². The minimum Gasteiger partial charge on any atom is -0.409 e. The maximum absolute atomic E-state index is 8.79. The molecule has 0 amide bonds. The van der Waals surface area contributed by atoms with E-state index in [4.69, 9.17) is 10.9 Å². The molecule has 1 aromatic carbocycles. The van der Waals surface area contributed by atoms with Crippen molar-refractivity contribution >= 4 is 5.84 Å². The number of nitrogens with two attached hydrogens (primary N) is 1. The highest BCUT2D eigenvalue weighted by Gasteiger charge is 2.24. The van der Waals surface area contributed by atoms with Crippen molar-refractivity contribution in [1.82, 2.24) is 5.32 Å². The average Bonchev–Trinajstić information content (AvgIpc) is 2.89. The van der Waals surface area contributed by atoms with Gasteiger partial charge in [0, 0.05) is 12.5 Å². The predicted molar refractivity (Wildman–Crippen MR) is 81.7 cm³/mol. The summed E-state index contributed by atoms with van der Waals surface area (Å²) in [4.78, 5) is 0. The van der Waals surface area contributed by atoms with E-state index in [2.05, 4.69) is 29.5 Å². The number of benzene rings is 1. The van der Waals surface area contributed by atoms with Crippen LogP contribution in [0.25, 0.3) is 0 Å². The first-order valence-corrected chi connectivity index (χ1v) is 7.45. The van der Waals surface area contributed by atoms with E-state index >= 15 is 0 Å². The van der Waals surface area contributed by atoms with Gasteiger partial charge in [-0.3, -0.25) is 0 Å². The second-order valence-electron chi connectivity index (χ2n) is 5.84. The van der Waals surface area contributed by atoms with Gasteiger partial charge in [0.25, 0.3) is 0 Å². The molecule has 0 aromatic heterocycles. The number of hydrogen-bond acceptors (Lipinski definition) is 3. The zero-order valence-electron chi connectivity index (χ0n) is 12.1. The third kappa shape index (κ3) is 3.97. The fraction of sp³-hybridized carbons (Fsp3) is 0.562. The Balaban J connectivity index is 1.99. The molecule has 1 aromatic rings. The summed E-state index contributed by atoms with van der Waals surface area (Å²) in [6.07, 6.45) is 4.51. The molecule has 3 unspecified atom stereocenters. The van der Waals surface area contributed by atoms with Gasteiger partial charge in [0.15, 0.2) is 0 Å². The topological polar surface area (TPSA) is 70.6 Å². The van der Waals surface area contributed by atoms with Gasteiger partial charge in [0.1, 0.15) is 5.84 Å². The van der Waals surface area contributed by atoms with E-state index in [-0.39, 0.29) is 11.9 Å². The number of nitrogens with zero attached hydrogens (tertiary/aromatic N) is 1. The van der Waals surface area contributed by atoms with Gasteiger partial charge in [-0.2, -0.15) is 0 Å². The highest BCUT2D eigenvalue weighted by Crippen LogP contribution is 2.31. The summed E-state index contributed by atoms with van der Waals surface area (Å²) in [5.41, 5.74) is 6.87. The summed E-state index contributed by atoms with van der Waals surface area (Å²) in [5.74, 6) is 1.81. The normalized spacial score (nSPS) is 24.8. The standard InChI is InChI=1S/C16H25N3O/c1-12-6-5-9-14(12)11-18-15(10-16(17)19-20)13-7-3-2-4-8-13/h2-4,7-8,12,14-15,18,20H,5-6,9-11H2,1H3,(H2,17,19). The number of nitrogens with one attached hydrogen (secondary N) is 1. The van der Waals surface area contributed by atoms with Gasteiger partial charge < -0.3 is 16.3 Å². The molecule has 1 aliphatic carbocycles. The first-order chi connectivity index (χ1) is 9.70. The molecule has 0 heterocycles. The second-order valence-corrected chi connectivity index (χ2v) is 5.84. The maximum atomic E-state index is 8.79. The lowest BCUT2D eigenvalue weighted by molar-refractivity contribution is 0.314. The fourth-order valence-electron chi connectivity index (χ4n) is 3.06. The van der Waals surface area contributed by atoms with Crippen molar-refractivity contribution in [3.8, 4) is 0 Å². The Kier molecular flexibility index (Phi) is 5.41. The van der Waals surface area contributed by atoms with E-state index in [1.165, 1.54) is 24.8 Å². The summed E-state index contributed by atoms with van der Waals surface area (Å²) >= 11 is 0. The fourth-order valence-corrected chi connectivity index (χ4v) is 3.06. The lowest BCUT2D eigenvalue weighted by Crippen LogP contribution is -2.31. The smallest absolute Gasteiger partial charge is 0.141 e. The van der Waals surface area contributed by atoms with Gasteiger partial charge in [-0.1, -0.05) is 55.3 Å². The van der Waals surface area contributed by atoms with Crippen molar-refractivity contribution < 1.29 is 5.21 Å². The molecule has 1 saturated carbocycles. The Labute approximate surface area is 121 Å². The number of hydrogen-bond donors (Lipinski definition) is 3. The Morgan fingerprint density at radius 1 is 1.40 bits per heavy atom. The van der Waals surface area contributed by atoms with Crippen LogP contribution >= 0.6 is 0 Å². The summed E-state index contributed by atoms with van der Waals surface area (Å²) < 4.78 is 0. The summed E-state index contributed by atoms with van der Waals surface area (Å²) in [5, 5.41) is 15.5. The highest BCUT2D eigenvalue weighted by atomic mass is 16.4. The first kappa shape index (κ1) is 14.9. The monoisotopic (exact) mass is 275 g/mol. The van der Waals surface area contributed by atoms with Crippen molar-refractivity contribution in [2.24, 2.45) is 22.7 Å². The molecule has 0 aliphatic heterocycles. The number of oxime groups is 1. The molecule has 4 N–H and O–H groups in total. The lowest BCUT2D eigenvalue weighted by Gasteiger charge is -2.23. The summed E-state index contributed by atoms with van der Waals surface area (Å²) in [7, 11) is 0. The molecule has 0 saturated heterocycles. The van der Waals surface area contributed by atoms with Crippen LogP contribution in [-0.2, 0) is 0 Å². The zero-order chi connectivity index (χ0) is 14.4. The van der Waals surface area contributed by atoms with Crippen molar-refractivity contribution in [2.45, 2.75) is 38.6 Å². The van der Waals surface area contributed by atoms with E-state index < -0.39 is 0 Å². The number of amidine groups is 1. The van der Waals surface area contributed by atoms with Crippen LogP contribution in [0.3, 0.4) is 0 Å². The largest absolute Gasteiger partial charge is 0.409 e. The van der Waals surface area contributed by atoms with Crippen LogP contribution in [0.1, 0.15) is 44.2 Å². The van der Waals surface area contributed by atoms with Gasteiger partial charge in [-0.15, -0.1) is 0 Å². The van der Waals surface area contributed by atoms with E-state index in [1.54, 1.807) is 0 Å². The van der Waals surface area contributed by atoms with E-state index in [0.717, 1.165) is 18.4 Å². The van der Waals surface area contributed by atoms with Crippen molar-refractivity contribution in [1.29, 1.82) is 0 Å². The molecule has 4 heteroatoms. The van der Waals surface area contributed by atoms with Crippen LogP contribution in [0.5, 0.6) is 0 Å².